The van der Waals surface area contributed by atoms with Gasteiger partial charge < -0.3 is 21.7 Å². The highest BCUT2D eigenvalue weighted by atomic mass is 16.1. The maximum absolute atomic E-state index is 11.6. The SMILES string of the molecule is C=C(CNC(=C)C(=C)C(CCCCC)NC(C)=O)NC(C(=C)N)C1CCCCC1. The summed E-state index contributed by atoms with van der Waals surface area (Å²) in [5.74, 6) is 0.460. The molecule has 0 aliphatic heterocycles. The van der Waals surface area contributed by atoms with Gasteiger partial charge in [0, 0.05) is 24.0 Å². The largest absolute Gasteiger partial charge is 0.401 e. The van der Waals surface area contributed by atoms with Crippen LogP contribution >= 0.6 is 0 Å². The summed E-state index contributed by atoms with van der Waals surface area (Å²) in [5.41, 5.74) is 9.14. The van der Waals surface area contributed by atoms with Gasteiger partial charge in [-0.05, 0) is 30.8 Å². The molecule has 1 fully saturated rings. The first-order valence-electron chi connectivity index (χ1n) is 11.0. The molecule has 1 amide bonds. The van der Waals surface area contributed by atoms with Crippen molar-refractivity contribution in [3.05, 3.63) is 49.0 Å². The molecule has 0 spiro atoms. The molecule has 164 valence electrons. The van der Waals surface area contributed by atoms with E-state index in [9.17, 15) is 4.79 Å². The lowest BCUT2D eigenvalue weighted by Crippen LogP contribution is -2.42. The predicted molar refractivity (Wildman–Crippen MR) is 124 cm³/mol. The number of carbonyl (C=O) groups excluding carboxylic acids is 1. The molecule has 0 radical (unpaired) electrons. The number of amides is 1. The molecule has 0 saturated heterocycles. The summed E-state index contributed by atoms with van der Waals surface area (Å²) >= 11 is 0. The van der Waals surface area contributed by atoms with E-state index < -0.39 is 0 Å². The molecule has 1 rings (SSSR count). The average Bonchev–Trinajstić information content (AvgIpc) is 2.69. The molecular formula is C24H42N4O. The molecule has 5 N–H and O–H groups in total. The topological polar surface area (TPSA) is 79.2 Å². The third-order valence-electron chi connectivity index (χ3n) is 5.68. The zero-order valence-electron chi connectivity index (χ0n) is 18.6. The van der Waals surface area contributed by atoms with Gasteiger partial charge in [-0.3, -0.25) is 4.79 Å². The molecule has 0 heterocycles. The summed E-state index contributed by atoms with van der Waals surface area (Å²) < 4.78 is 0. The van der Waals surface area contributed by atoms with Crippen molar-refractivity contribution in [2.45, 2.75) is 83.7 Å². The van der Waals surface area contributed by atoms with E-state index in [1.54, 1.807) is 0 Å². The summed E-state index contributed by atoms with van der Waals surface area (Å²) in [6.07, 6.45) is 10.3. The molecule has 1 saturated carbocycles. The van der Waals surface area contributed by atoms with Gasteiger partial charge in [0.05, 0.1) is 18.6 Å². The summed E-state index contributed by atoms with van der Waals surface area (Å²) in [5, 5.41) is 9.75. The smallest absolute Gasteiger partial charge is 0.217 e. The number of hydrogen-bond acceptors (Lipinski definition) is 4. The van der Waals surface area contributed by atoms with Crippen LogP contribution in [0.3, 0.4) is 0 Å². The van der Waals surface area contributed by atoms with E-state index in [-0.39, 0.29) is 18.0 Å². The van der Waals surface area contributed by atoms with Gasteiger partial charge in [0.1, 0.15) is 0 Å². The van der Waals surface area contributed by atoms with Gasteiger partial charge in [0.2, 0.25) is 5.91 Å². The third kappa shape index (κ3) is 9.25. The van der Waals surface area contributed by atoms with Crippen LogP contribution in [0.15, 0.2) is 49.0 Å². The van der Waals surface area contributed by atoms with E-state index in [0.29, 0.717) is 18.2 Å². The standard InChI is InChI=1S/C24H42N4O/c1-7-8-10-15-23(28-21(6)29)18(3)20(5)26-16-17(2)27-24(19(4)25)22-13-11-9-12-14-22/h22-24,26-27H,2-5,7-16,25H2,1,6H3,(H,28,29). The molecule has 0 aromatic heterocycles. The fourth-order valence-corrected chi connectivity index (χ4v) is 3.97. The van der Waals surface area contributed by atoms with Crippen molar-refractivity contribution in [3.8, 4) is 0 Å². The monoisotopic (exact) mass is 402 g/mol. The maximum atomic E-state index is 11.6. The van der Waals surface area contributed by atoms with Gasteiger partial charge in [0.15, 0.2) is 0 Å². The molecule has 29 heavy (non-hydrogen) atoms. The van der Waals surface area contributed by atoms with E-state index in [1.807, 2.05) is 0 Å². The van der Waals surface area contributed by atoms with Gasteiger partial charge in [-0.15, -0.1) is 0 Å². The molecule has 5 heteroatoms. The maximum Gasteiger partial charge on any atom is 0.217 e. The van der Waals surface area contributed by atoms with E-state index in [2.05, 4.69) is 49.2 Å². The lowest BCUT2D eigenvalue weighted by molar-refractivity contribution is -0.119. The van der Waals surface area contributed by atoms with Gasteiger partial charge in [-0.2, -0.15) is 0 Å². The minimum Gasteiger partial charge on any atom is -0.401 e. The first-order chi connectivity index (χ1) is 13.8. The van der Waals surface area contributed by atoms with Crippen molar-refractivity contribution in [1.29, 1.82) is 0 Å². The second-order valence-corrected chi connectivity index (χ2v) is 8.30. The quantitative estimate of drug-likeness (QED) is 0.259. The van der Waals surface area contributed by atoms with E-state index in [0.717, 1.165) is 42.7 Å². The number of hydrogen-bond donors (Lipinski definition) is 4. The number of carbonyl (C=O) groups is 1. The van der Waals surface area contributed by atoms with Crippen molar-refractivity contribution in [1.82, 2.24) is 16.0 Å². The average molecular weight is 403 g/mol. The molecule has 0 bridgehead atoms. The Labute approximate surface area is 178 Å². The van der Waals surface area contributed by atoms with Crippen LogP contribution in [0, 0.1) is 5.92 Å². The lowest BCUT2D eigenvalue weighted by Gasteiger charge is -2.32. The van der Waals surface area contributed by atoms with Crippen LogP contribution in [0.4, 0.5) is 0 Å². The van der Waals surface area contributed by atoms with Crippen LogP contribution in [-0.4, -0.2) is 24.5 Å². The number of nitrogens with two attached hydrogens (primary N) is 1. The Hall–Kier alpha value is -2.17. The Kier molecular flexibility index (Phi) is 11.3. The highest BCUT2D eigenvalue weighted by Crippen LogP contribution is 2.28. The fraction of sp³-hybridized carbons (Fsp3) is 0.625. The summed E-state index contributed by atoms with van der Waals surface area (Å²) in [6.45, 7) is 20.6. The van der Waals surface area contributed by atoms with Crippen LogP contribution in [-0.2, 0) is 4.79 Å². The van der Waals surface area contributed by atoms with Crippen molar-refractivity contribution in [2.75, 3.05) is 6.54 Å². The van der Waals surface area contributed by atoms with Gasteiger partial charge >= 0.3 is 0 Å². The highest BCUT2D eigenvalue weighted by Gasteiger charge is 2.25. The minimum atomic E-state index is -0.0981. The second-order valence-electron chi connectivity index (χ2n) is 8.30. The predicted octanol–water partition coefficient (Wildman–Crippen LogP) is 4.26. The summed E-state index contributed by atoms with van der Waals surface area (Å²) in [7, 11) is 0. The van der Waals surface area contributed by atoms with Gasteiger partial charge in [0.25, 0.3) is 0 Å². The number of unbranched alkanes of at least 4 members (excludes halogenated alkanes) is 2. The van der Waals surface area contributed by atoms with Crippen LogP contribution in [0.25, 0.3) is 0 Å². The van der Waals surface area contributed by atoms with E-state index >= 15 is 0 Å². The van der Waals surface area contributed by atoms with E-state index in [1.165, 1.54) is 39.0 Å². The number of rotatable bonds is 14. The van der Waals surface area contributed by atoms with Crippen LogP contribution in [0.5, 0.6) is 0 Å². The second kappa shape index (κ2) is 13.1. The van der Waals surface area contributed by atoms with E-state index in [4.69, 9.17) is 5.73 Å². The third-order valence-corrected chi connectivity index (χ3v) is 5.68. The van der Waals surface area contributed by atoms with Crippen molar-refractivity contribution in [2.24, 2.45) is 11.7 Å². The Morgan fingerprint density at radius 2 is 1.72 bits per heavy atom. The molecular weight excluding hydrogens is 360 g/mol. The molecule has 2 unspecified atom stereocenters. The fourth-order valence-electron chi connectivity index (χ4n) is 3.97. The molecule has 1 aliphatic carbocycles. The van der Waals surface area contributed by atoms with Crippen molar-refractivity contribution in [3.63, 3.8) is 0 Å². The summed E-state index contributed by atoms with van der Waals surface area (Å²) in [4.78, 5) is 11.6. The number of nitrogens with one attached hydrogen (secondary N) is 3. The van der Waals surface area contributed by atoms with Crippen LogP contribution in [0.2, 0.25) is 0 Å². The molecule has 5 nitrogen and oxygen atoms in total. The minimum absolute atomic E-state index is 0.0525. The Bertz CT molecular complexity index is 590. The Morgan fingerprint density at radius 1 is 1.07 bits per heavy atom. The summed E-state index contributed by atoms with van der Waals surface area (Å²) in [6, 6.07) is -0.0404. The first kappa shape index (κ1) is 24.9. The molecule has 0 aromatic rings. The Morgan fingerprint density at radius 3 is 2.28 bits per heavy atom. The normalized spacial score (nSPS) is 16.3. The zero-order chi connectivity index (χ0) is 21.8. The zero-order valence-corrected chi connectivity index (χ0v) is 18.6. The molecule has 2 atom stereocenters. The van der Waals surface area contributed by atoms with Crippen LogP contribution < -0.4 is 21.7 Å². The van der Waals surface area contributed by atoms with Gasteiger partial charge in [-0.25, -0.2) is 0 Å². The Balaban J connectivity index is 2.56. The van der Waals surface area contributed by atoms with Gasteiger partial charge in [-0.1, -0.05) is 71.8 Å². The molecule has 0 aromatic carbocycles. The van der Waals surface area contributed by atoms with Crippen molar-refractivity contribution < 1.29 is 4.79 Å². The molecule has 1 aliphatic rings. The van der Waals surface area contributed by atoms with Crippen molar-refractivity contribution >= 4 is 5.91 Å². The highest BCUT2D eigenvalue weighted by molar-refractivity contribution is 5.73. The lowest BCUT2D eigenvalue weighted by atomic mass is 9.83. The first-order valence-corrected chi connectivity index (χ1v) is 11.0. The van der Waals surface area contributed by atoms with Crippen LogP contribution in [0.1, 0.15) is 71.6 Å².